The van der Waals surface area contributed by atoms with Crippen molar-refractivity contribution < 1.29 is 18.3 Å². The molecule has 4 rings (SSSR count). The molecule has 0 aliphatic heterocycles. The van der Waals surface area contributed by atoms with Gasteiger partial charge in [-0.2, -0.15) is 4.98 Å². The first-order valence-corrected chi connectivity index (χ1v) is 14.9. The fourth-order valence-electron chi connectivity index (χ4n) is 4.44. The zero-order valence-electron chi connectivity index (χ0n) is 20.9. The van der Waals surface area contributed by atoms with Gasteiger partial charge in [0.2, 0.25) is 5.95 Å². The summed E-state index contributed by atoms with van der Waals surface area (Å²) in [6.45, 7) is 3.43. The van der Waals surface area contributed by atoms with E-state index in [-0.39, 0.29) is 36.2 Å². The monoisotopic (exact) mass is 566 g/mol. The number of nitrogens with zero attached hydrogens (tertiary/aromatic N) is 2. The molecule has 2 aromatic carbocycles. The summed E-state index contributed by atoms with van der Waals surface area (Å²) in [6, 6.07) is 10.8. The van der Waals surface area contributed by atoms with Crippen LogP contribution in [0.2, 0.25) is 10.0 Å². The molecule has 200 valence electrons. The molecule has 1 aromatic heterocycles. The Morgan fingerprint density at radius 3 is 2.41 bits per heavy atom. The van der Waals surface area contributed by atoms with E-state index < -0.39 is 9.84 Å². The Kier molecular flexibility index (Phi) is 9.00. The van der Waals surface area contributed by atoms with Crippen LogP contribution in [0.1, 0.15) is 39.5 Å². The smallest absolute Gasteiger partial charge is 0.225 e. The van der Waals surface area contributed by atoms with Crippen LogP contribution in [-0.4, -0.2) is 53.8 Å². The van der Waals surface area contributed by atoms with Crippen LogP contribution in [0.3, 0.4) is 0 Å². The minimum absolute atomic E-state index is 0.103. The molecule has 0 saturated heterocycles. The number of sulfone groups is 1. The molecule has 8 nitrogen and oxygen atoms in total. The fraction of sp³-hybridized carbons (Fsp3) is 0.462. The fourth-order valence-corrected chi connectivity index (χ4v) is 6.15. The molecule has 1 aliphatic rings. The highest BCUT2D eigenvalue weighted by atomic mass is 35.5. The number of hydrogen-bond donors (Lipinski definition) is 3. The third kappa shape index (κ3) is 7.16. The van der Waals surface area contributed by atoms with E-state index in [0.717, 1.165) is 31.4 Å². The Bertz CT molecular complexity index is 1330. The maximum absolute atomic E-state index is 12.3. The molecule has 1 aliphatic carbocycles. The largest absolute Gasteiger partial charge is 0.489 e. The number of halogens is 2. The number of aliphatic hydroxyl groups excluding tert-OH is 1. The Hall–Kier alpha value is -2.33. The molecule has 11 heteroatoms. The predicted octanol–water partition coefficient (Wildman–Crippen LogP) is 5.85. The molecule has 0 radical (unpaired) electrons. The van der Waals surface area contributed by atoms with E-state index in [1.165, 1.54) is 0 Å². The molecule has 1 saturated carbocycles. The molecule has 0 bridgehead atoms. The van der Waals surface area contributed by atoms with Crippen molar-refractivity contribution in [1.82, 2.24) is 9.97 Å². The summed E-state index contributed by atoms with van der Waals surface area (Å²) in [4.78, 5) is 9.49. The average Bonchev–Trinajstić information content (AvgIpc) is 2.85. The van der Waals surface area contributed by atoms with Gasteiger partial charge in [-0.25, -0.2) is 13.4 Å². The van der Waals surface area contributed by atoms with Crippen LogP contribution in [0.15, 0.2) is 36.4 Å². The number of aromatic nitrogens is 2. The summed E-state index contributed by atoms with van der Waals surface area (Å²) < 4.78 is 30.4. The molecule has 3 aromatic rings. The van der Waals surface area contributed by atoms with Gasteiger partial charge in [0.15, 0.2) is 9.84 Å². The highest BCUT2D eigenvalue weighted by molar-refractivity contribution is 7.91. The van der Waals surface area contributed by atoms with Crippen molar-refractivity contribution in [2.75, 3.05) is 29.6 Å². The summed E-state index contributed by atoms with van der Waals surface area (Å²) in [5, 5.41) is 17.4. The Labute approximate surface area is 227 Å². The van der Waals surface area contributed by atoms with E-state index in [0.29, 0.717) is 38.5 Å². The molecule has 1 heterocycles. The van der Waals surface area contributed by atoms with Gasteiger partial charge in [0.25, 0.3) is 0 Å². The van der Waals surface area contributed by atoms with Gasteiger partial charge in [-0.1, -0.05) is 23.2 Å². The summed E-state index contributed by atoms with van der Waals surface area (Å²) in [5.41, 5.74) is 1.35. The van der Waals surface area contributed by atoms with Gasteiger partial charge in [0, 0.05) is 33.2 Å². The van der Waals surface area contributed by atoms with Crippen LogP contribution < -0.4 is 15.4 Å². The molecule has 0 spiro atoms. The minimum Gasteiger partial charge on any atom is -0.489 e. The second-order valence-corrected chi connectivity index (χ2v) is 13.1. The molecular formula is C26H32Cl2N4O4S. The molecule has 1 fully saturated rings. The number of ether oxygens (including phenoxy) is 1. The summed E-state index contributed by atoms with van der Waals surface area (Å²) >= 11 is 12.4. The lowest BCUT2D eigenvalue weighted by molar-refractivity contribution is 0.202. The standard InChI is InChI=1S/C26H32Cl2N4O4S/c1-16(2)37(34,35)15-17-3-7-21(8-4-17)30-26-31-24-22(13-19(28)14-23(24)36-12-11-33)25(32-26)29-20-9-5-18(27)6-10-20/h5-6,9-10,13-14,16-17,21,33H,3-4,7-8,11-12,15H2,1-2H3,(H2,29,30,31,32). The lowest BCUT2D eigenvalue weighted by atomic mass is 9.87. The quantitative estimate of drug-likeness (QED) is 0.280. The molecule has 0 atom stereocenters. The van der Waals surface area contributed by atoms with Gasteiger partial charge in [-0.05, 0) is 75.8 Å². The summed E-state index contributed by atoms with van der Waals surface area (Å²) in [7, 11) is -3.06. The predicted molar refractivity (Wildman–Crippen MR) is 150 cm³/mol. The zero-order valence-corrected chi connectivity index (χ0v) is 23.2. The number of aliphatic hydroxyl groups is 1. The van der Waals surface area contributed by atoms with E-state index in [4.69, 9.17) is 37.9 Å². The van der Waals surface area contributed by atoms with E-state index in [1.54, 1.807) is 38.1 Å². The van der Waals surface area contributed by atoms with Crippen molar-refractivity contribution in [2.24, 2.45) is 5.92 Å². The Morgan fingerprint density at radius 1 is 1.05 bits per heavy atom. The van der Waals surface area contributed by atoms with Gasteiger partial charge in [0.1, 0.15) is 23.7 Å². The molecule has 37 heavy (non-hydrogen) atoms. The number of rotatable bonds is 10. The number of anilines is 3. The maximum Gasteiger partial charge on any atom is 0.225 e. The van der Waals surface area contributed by atoms with Gasteiger partial charge >= 0.3 is 0 Å². The first kappa shape index (κ1) is 27.7. The molecule has 3 N–H and O–H groups in total. The number of hydrogen-bond acceptors (Lipinski definition) is 8. The molecule has 0 amide bonds. The Morgan fingerprint density at radius 2 is 1.76 bits per heavy atom. The highest BCUT2D eigenvalue weighted by Gasteiger charge is 2.28. The van der Waals surface area contributed by atoms with Crippen LogP contribution >= 0.6 is 23.2 Å². The van der Waals surface area contributed by atoms with E-state index in [9.17, 15) is 13.5 Å². The van der Waals surface area contributed by atoms with E-state index in [1.807, 2.05) is 12.1 Å². The Balaban J connectivity index is 1.60. The van der Waals surface area contributed by atoms with Crippen LogP contribution in [0.4, 0.5) is 17.5 Å². The molecular weight excluding hydrogens is 535 g/mol. The van der Waals surface area contributed by atoms with Gasteiger partial charge in [-0.3, -0.25) is 0 Å². The molecule has 0 unspecified atom stereocenters. The van der Waals surface area contributed by atoms with Crippen molar-refractivity contribution in [3.05, 3.63) is 46.4 Å². The van der Waals surface area contributed by atoms with Gasteiger partial charge in [0.05, 0.1) is 17.6 Å². The first-order chi connectivity index (χ1) is 17.6. The van der Waals surface area contributed by atoms with Gasteiger partial charge < -0.3 is 20.5 Å². The van der Waals surface area contributed by atoms with Crippen LogP contribution in [0.5, 0.6) is 5.75 Å². The summed E-state index contributed by atoms with van der Waals surface area (Å²) in [6.07, 6.45) is 3.31. The lowest BCUT2D eigenvalue weighted by Gasteiger charge is -2.29. The normalized spacial score (nSPS) is 18.2. The average molecular weight is 568 g/mol. The zero-order chi connectivity index (χ0) is 26.6. The van der Waals surface area contributed by atoms with Crippen LogP contribution in [0, 0.1) is 5.92 Å². The lowest BCUT2D eigenvalue weighted by Crippen LogP contribution is -2.31. The van der Waals surface area contributed by atoms with Crippen molar-refractivity contribution in [2.45, 2.75) is 50.8 Å². The minimum atomic E-state index is -3.06. The van der Waals surface area contributed by atoms with Crippen molar-refractivity contribution in [1.29, 1.82) is 0 Å². The van der Waals surface area contributed by atoms with Crippen LogP contribution in [0.25, 0.3) is 10.9 Å². The topological polar surface area (TPSA) is 113 Å². The van der Waals surface area contributed by atoms with Crippen LogP contribution in [-0.2, 0) is 9.84 Å². The van der Waals surface area contributed by atoms with E-state index in [2.05, 4.69) is 10.6 Å². The third-order valence-electron chi connectivity index (χ3n) is 6.55. The second-order valence-electron chi connectivity index (χ2n) is 9.64. The third-order valence-corrected chi connectivity index (χ3v) is 9.39. The maximum atomic E-state index is 12.3. The SMILES string of the molecule is CC(C)S(=O)(=O)CC1CCC(Nc2nc(Nc3ccc(Cl)cc3)c3cc(Cl)cc(OCCO)c3n2)CC1. The van der Waals surface area contributed by atoms with Gasteiger partial charge in [-0.15, -0.1) is 0 Å². The van der Waals surface area contributed by atoms with Crippen molar-refractivity contribution >= 4 is 61.4 Å². The van der Waals surface area contributed by atoms with Crippen molar-refractivity contribution in [3.8, 4) is 5.75 Å². The van der Waals surface area contributed by atoms with E-state index >= 15 is 0 Å². The highest BCUT2D eigenvalue weighted by Crippen LogP contribution is 2.35. The van der Waals surface area contributed by atoms with Crippen molar-refractivity contribution in [3.63, 3.8) is 0 Å². The number of nitrogens with one attached hydrogen (secondary N) is 2. The number of benzene rings is 2. The second kappa shape index (κ2) is 12.0. The number of fused-ring (bicyclic) bond motifs is 1. The summed E-state index contributed by atoms with van der Waals surface area (Å²) in [5.74, 6) is 1.83. The first-order valence-electron chi connectivity index (χ1n) is 12.4.